The summed E-state index contributed by atoms with van der Waals surface area (Å²) in [5, 5.41) is 14.2. The van der Waals surface area contributed by atoms with E-state index in [9.17, 15) is 23.1 Å². The predicted molar refractivity (Wildman–Crippen MR) is 141 cm³/mol. The van der Waals surface area contributed by atoms with Crippen LogP contribution in [0.4, 0.5) is 0 Å². The van der Waals surface area contributed by atoms with Crippen LogP contribution in [-0.4, -0.2) is 35.2 Å². The van der Waals surface area contributed by atoms with Gasteiger partial charge in [-0.25, -0.2) is 4.68 Å². The first-order valence-corrected chi connectivity index (χ1v) is 14.3. The number of carbonyl (C=O) groups is 1. The second-order valence-corrected chi connectivity index (χ2v) is 12.7. The number of ketones is 1. The monoisotopic (exact) mass is 528 g/mol. The zero-order valence-electron chi connectivity index (χ0n) is 22.5. The van der Waals surface area contributed by atoms with Gasteiger partial charge >= 0.3 is 10.1 Å². The zero-order chi connectivity index (χ0) is 27.4. The van der Waals surface area contributed by atoms with E-state index in [1.807, 2.05) is 39.8 Å². The summed E-state index contributed by atoms with van der Waals surface area (Å²) >= 11 is 0. The molecule has 2 aromatic rings. The fraction of sp³-hybridized carbons (Fsp3) is 0.536. The quantitative estimate of drug-likeness (QED) is 0.549. The third-order valence-corrected chi connectivity index (χ3v) is 8.77. The van der Waals surface area contributed by atoms with Crippen molar-refractivity contribution in [1.82, 2.24) is 9.78 Å². The predicted octanol–water partition coefficient (Wildman–Crippen LogP) is 2.45. The van der Waals surface area contributed by atoms with E-state index in [2.05, 4.69) is 18.9 Å². The van der Waals surface area contributed by atoms with E-state index in [0.29, 0.717) is 24.0 Å². The summed E-state index contributed by atoms with van der Waals surface area (Å²) < 4.78 is 34.6. The Bertz CT molecular complexity index is 1500. The molecule has 0 bridgehead atoms. The lowest BCUT2D eigenvalue weighted by molar-refractivity contribution is -0.118. The molecule has 1 atom stereocenters. The summed E-state index contributed by atoms with van der Waals surface area (Å²) in [4.78, 5) is 25.7. The Morgan fingerprint density at radius 2 is 1.54 bits per heavy atom. The third kappa shape index (κ3) is 5.03. The van der Waals surface area contributed by atoms with Crippen molar-refractivity contribution in [1.29, 1.82) is 0 Å². The highest BCUT2D eigenvalue weighted by atomic mass is 32.2. The van der Waals surface area contributed by atoms with Gasteiger partial charge in [0, 0.05) is 18.2 Å². The second-order valence-electron chi connectivity index (χ2n) is 11.2. The minimum atomic E-state index is -4.36. The highest BCUT2D eigenvalue weighted by molar-refractivity contribution is 7.87. The van der Waals surface area contributed by atoms with Crippen LogP contribution in [0.1, 0.15) is 88.8 Å². The fourth-order valence-electron chi connectivity index (χ4n) is 5.12. The number of benzene rings is 1. The van der Waals surface area contributed by atoms with Crippen molar-refractivity contribution in [2.75, 3.05) is 0 Å². The van der Waals surface area contributed by atoms with Gasteiger partial charge in [0.25, 0.3) is 11.4 Å². The molecule has 1 unspecified atom stereocenters. The van der Waals surface area contributed by atoms with Gasteiger partial charge in [-0.3, -0.25) is 9.59 Å². The minimum Gasteiger partial charge on any atom is -0.393 e. The fourth-order valence-corrected chi connectivity index (χ4v) is 6.70. The molecule has 200 valence electrons. The number of fused-ring (bicyclic) bond motifs is 1. The molecule has 1 saturated carbocycles. The van der Waals surface area contributed by atoms with Crippen molar-refractivity contribution in [2.45, 2.75) is 83.1 Å². The zero-order valence-corrected chi connectivity index (χ0v) is 23.3. The number of rotatable bonds is 7. The average molecular weight is 529 g/mol. The number of aliphatic hydroxyl groups is 1. The maximum absolute atomic E-state index is 13.9. The summed E-state index contributed by atoms with van der Waals surface area (Å²) in [7, 11) is -2.96. The number of aromatic nitrogens is 2. The van der Waals surface area contributed by atoms with E-state index in [0.717, 1.165) is 10.2 Å². The van der Waals surface area contributed by atoms with Crippen LogP contribution in [0, 0.1) is 11.8 Å². The maximum atomic E-state index is 13.9. The molecule has 1 aromatic carbocycles. The normalized spacial score (nSPS) is 21.5. The van der Waals surface area contributed by atoms with Crippen LogP contribution in [-0.2, 0) is 22.0 Å². The van der Waals surface area contributed by atoms with Crippen molar-refractivity contribution in [3.8, 4) is 5.88 Å². The van der Waals surface area contributed by atoms with E-state index < -0.39 is 27.7 Å². The van der Waals surface area contributed by atoms with Gasteiger partial charge in [-0.15, -0.1) is 5.10 Å². The van der Waals surface area contributed by atoms with Crippen LogP contribution >= 0.6 is 0 Å². The first-order chi connectivity index (χ1) is 17.2. The molecule has 1 fully saturated rings. The average Bonchev–Trinajstić information content (AvgIpc) is 2.79. The Morgan fingerprint density at radius 3 is 2.03 bits per heavy atom. The van der Waals surface area contributed by atoms with Crippen LogP contribution in [0.15, 0.2) is 21.8 Å². The van der Waals surface area contributed by atoms with Gasteiger partial charge in [-0.2, -0.15) is 8.42 Å². The standard InChI is InChI=1S/C28H36N2O6S/c1-14(2)17-10-20(15(3)4)26(21(11-17)16(5)6)37(34,35)36-27-23-12-22(18-8-19(31)9-18)25(32)13-24(23)28(33)30(7)29-27/h10-16,18-19,22,31H,8-9H2,1-7H3. The molecule has 1 aromatic heterocycles. The first-order valence-electron chi connectivity index (χ1n) is 12.9. The molecule has 1 N–H and O–H groups in total. The highest BCUT2D eigenvalue weighted by Crippen LogP contribution is 2.37. The number of nitrogens with zero attached hydrogens (tertiary/aromatic N) is 2. The summed E-state index contributed by atoms with van der Waals surface area (Å²) in [6.07, 6.45) is 3.33. The SMILES string of the molecule is CC(C)c1cc(C(C)C)c(S(=O)(=O)Oc2nn(C)c(=O)c3c2=CC(C2CC(O)C2)C(=O)C=3)c(C(C)C)c1. The van der Waals surface area contributed by atoms with Crippen molar-refractivity contribution < 1.29 is 22.5 Å². The van der Waals surface area contributed by atoms with Crippen LogP contribution in [0.3, 0.4) is 0 Å². The van der Waals surface area contributed by atoms with E-state index in [-0.39, 0.29) is 50.7 Å². The summed E-state index contributed by atoms with van der Waals surface area (Å²) in [5.41, 5.74) is 1.88. The number of hydrogen-bond donors (Lipinski definition) is 1. The molecule has 0 radical (unpaired) electrons. The molecule has 4 rings (SSSR count). The van der Waals surface area contributed by atoms with E-state index in [1.54, 1.807) is 6.08 Å². The van der Waals surface area contributed by atoms with Crippen molar-refractivity contribution >= 4 is 28.1 Å². The molecular weight excluding hydrogens is 492 g/mol. The number of Topliss-reactive ketones (excluding diaryl/α,β-unsaturated/α-hetero) is 1. The lowest BCUT2D eigenvalue weighted by atomic mass is 9.71. The van der Waals surface area contributed by atoms with Crippen molar-refractivity contribution in [3.05, 3.63) is 49.6 Å². The smallest absolute Gasteiger partial charge is 0.341 e. The van der Waals surface area contributed by atoms with Crippen LogP contribution in [0.5, 0.6) is 5.88 Å². The van der Waals surface area contributed by atoms with Crippen LogP contribution in [0.2, 0.25) is 0 Å². The Morgan fingerprint density at radius 1 is 0.973 bits per heavy atom. The number of aryl methyl sites for hydroxylation is 1. The minimum absolute atomic E-state index is 0.0622. The van der Waals surface area contributed by atoms with E-state index >= 15 is 0 Å². The lowest BCUT2D eigenvalue weighted by Gasteiger charge is -2.35. The summed E-state index contributed by atoms with van der Waals surface area (Å²) in [6.45, 7) is 11.9. The highest BCUT2D eigenvalue weighted by Gasteiger charge is 2.38. The molecule has 0 saturated heterocycles. The molecule has 9 heteroatoms. The molecule has 2 aliphatic carbocycles. The van der Waals surface area contributed by atoms with Gasteiger partial charge in [0.1, 0.15) is 4.90 Å². The van der Waals surface area contributed by atoms with Gasteiger partial charge in [0.15, 0.2) is 5.78 Å². The Balaban J connectivity index is 1.91. The van der Waals surface area contributed by atoms with Gasteiger partial charge in [-0.05, 0) is 59.3 Å². The Hall–Kier alpha value is -2.78. The topological polar surface area (TPSA) is 116 Å². The van der Waals surface area contributed by atoms with Crippen LogP contribution in [0.25, 0.3) is 12.2 Å². The molecule has 2 aliphatic rings. The summed E-state index contributed by atoms with van der Waals surface area (Å²) in [6, 6.07) is 3.86. The molecule has 0 aliphatic heterocycles. The molecular formula is C28H36N2O6S. The second kappa shape index (κ2) is 9.83. The maximum Gasteiger partial charge on any atom is 0.341 e. The summed E-state index contributed by atoms with van der Waals surface area (Å²) in [5.74, 6) is -1.08. The van der Waals surface area contributed by atoms with E-state index in [1.165, 1.54) is 13.1 Å². The Labute approximate surface area is 217 Å². The van der Waals surface area contributed by atoms with Crippen molar-refractivity contribution in [2.24, 2.45) is 18.9 Å². The molecule has 37 heavy (non-hydrogen) atoms. The number of aliphatic hydroxyl groups excluding tert-OH is 1. The molecule has 8 nitrogen and oxygen atoms in total. The van der Waals surface area contributed by atoms with Crippen molar-refractivity contribution in [3.63, 3.8) is 0 Å². The van der Waals surface area contributed by atoms with Gasteiger partial charge in [0.2, 0.25) is 0 Å². The van der Waals surface area contributed by atoms with Gasteiger partial charge in [-0.1, -0.05) is 59.8 Å². The molecule has 0 amide bonds. The van der Waals surface area contributed by atoms with Gasteiger partial charge < -0.3 is 9.29 Å². The largest absolute Gasteiger partial charge is 0.393 e. The lowest BCUT2D eigenvalue weighted by Crippen LogP contribution is -2.51. The Kier molecular flexibility index (Phi) is 7.25. The third-order valence-electron chi connectivity index (χ3n) is 7.42. The number of hydrogen-bond acceptors (Lipinski definition) is 7. The van der Waals surface area contributed by atoms with Crippen LogP contribution < -0.4 is 20.2 Å². The van der Waals surface area contributed by atoms with E-state index in [4.69, 9.17) is 4.18 Å². The molecule has 1 heterocycles. The number of carbonyl (C=O) groups excluding carboxylic acids is 1. The first kappa shape index (κ1) is 27.3. The van der Waals surface area contributed by atoms with Gasteiger partial charge in [0.05, 0.1) is 11.3 Å². The molecule has 0 spiro atoms.